The average molecular weight is 522 g/mol. The van der Waals surface area contributed by atoms with E-state index >= 15 is 0 Å². The highest BCUT2D eigenvalue weighted by atomic mass is 19.1. The van der Waals surface area contributed by atoms with E-state index in [1.165, 1.54) is 12.1 Å². The number of carbonyl (C=O) groups is 1. The van der Waals surface area contributed by atoms with E-state index in [0.29, 0.717) is 35.5 Å². The van der Waals surface area contributed by atoms with E-state index in [4.69, 9.17) is 19.4 Å². The third-order valence-electron chi connectivity index (χ3n) is 6.17. The van der Waals surface area contributed by atoms with Gasteiger partial charge in [0.05, 0.1) is 35.6 Å². The highest BCUT2D eigenvalue weighted by molar-refractivity contribution is 5.98. The minimum absolute atomic E-state index is 0.249. The number of aromatic nitrogens is 2. The maximum atomic E-state index is 13.2. The van der Waals surface area contributed by atoms with Gasteiger partial charge >= 0.3 is 0 Å². The molecule has 0 fully saturated rings. The fourth-order valence-corrected chi connectivity index (χ4v) is 4.24. The number of rotatable bonds is 9. The first kappa shape index (κ1) is 25.9. The minimum Gasteiger partial charge on any atom is -0.494 e. The molecule has 0 aliphatic carbocycles. The molecule has 6 nitrogen and oxygen atoms in total. The molecule has 0 unspecified atom stereocenters. The van der Waals surface area contributed by atoms with Gasteiger partial charge in [0.15, 0.2) is 0 Å². The van der Waals surface area contributed by atoms with E-state index in [1.807, 2.05) is 62.4 Å². The molecule has 1 amide bonds. The summed E-state index contributed by atoms with van der Waals surface area (Å²) in [5, 5.41) is 2.88. The van der Waals surface area contributed by atoms with Crippen molar-refractivity contribution in [3.8, 4) is 34.0 Å². The molecular weight excluding hydrogens is 493 g/mol. The molecule has 0 saturated heterocycles. The smallest absolute Gasteiger partial charge is 0.251 e. The van der Waals surface area contributed by atoms with Crippen LogP contribution in [0.4, 0.5) is 4.39 Å². The molecule has 39 heavy (non-hydrogen) atoms. The zero-order valence-corrected chi connectivity index (χ0v) is 21.8. The Labute approximate surface area is 226 Å². The lowest BCUT2D eigenvalue weighted by Gasteiger charge is -2.13. The van der Waals surface area contributed by atoms with Crippen LogP contribution in [0.15, 0.2) is 91.0 Å². The SMILES string of the molecule is CCOc1ccc(-c2nc3ccc(C(=O)NCc4ccc(F)cc4)cc3nc2-c2ccc(OCC)cc2)cc1. The predicted molar refractivity (Wildman–Crippen MR) is 150 cm³/mol. The molecule has 0 spiro atoms. The summed E-state index contributed by atoms with van der Waals surface area (Å²) in [4.78, 5) is 22.8. The van der Waals surface area contributed by atoms with E-state index < -0.39 is 0 Å². The van der Waals surface area contributed by atoms with Crippen molar-refractivity contribution < 1.29 is 18.7 Å². The second-order valence-corrected chi connectivity index (χ2v) is 8.85. The zero-order chi connectivity index (χ0) is 27.2. The first-order valence-electron chi connectivity index (χ1n) is 12.8. The van der Waals surface area contributed by atoms with Gasteiger partial charge in [-0.25, -0.2) is 14.4 Å². The summed E-state index contributed by atoms with van der Waals surface area (Å²) < 4.78 is 24.4. The van der Waals surface area contributed by atoms with Crippen LogP contribution in [0.2, 0.25) is 0 Å². The maximum Gasteiger partial charge on any atom is 0.251 e. The largest absolute Gasteiger partial charge is 0.494 e. The van der Waals surface area contributed by atoms with Crippen LogP contribution >= 0.6 is 0 Å². The van der Waals surface area contributed by atoms with Gasteiger partial charge in [0, 0.05) is 23.2 Å². The third-order valence-corrected chi connectivity index (χ3v) is 6.17. The van der Waals surface area contributed by atoms with Crippen LogP contribution < -0.4 is 14.8 Å². The highest BCUT2D eigenvalue weighted by Crippen LogP contribution is 2.33. The van der Waals surface area contributed by atoms with Crippen molar-refractivity contribution in [2.45, 2.75) is 20.4 Å². The van der Waals surface area contributed by atoms with Crippen LogP contribution in [0.5, 0.6) is 11.5 Å². The summed E-state index contributed by atoms with van der Waals surface area (Å²) in [5.74, 6) is 0.999. The molecule has 5 aromatic rings. The lowest BCUT2D eigenvalue weighted by Crippen LogP contribution is -2.22. The fourth-order valence-electron chi connectivity index (χ4n) is 4.24. The number of benzene rings is 4. The van der Waals surface area contributed by atoms with Crippen LogP contribution in [-0.2, 0) is 6.54 Å². The zero-order valence-electron chi connectivity index (χ0n) is 21.8. The van der Waals surface area contributed by atoms with Crippen LogP contribution in [0.3, 0.4) is 0 Å². The van der Waals surface area contributed by atoms with Gasteiger partial charge in [-0.3, -0.25) is 4.79 Å². The topological polar surface area (TPSA) is 73.3 Å². The number of hydrogen-bond donors (Lipinski definition) is 1. The van der Waals surface area contributed by atoms with Crippen molar-refractivity contribution >= 4 is 16.9 Å². The van der Waals surface area contributed by atoms with Crippen LogP contribution in [0.1, 0.15) is 29.8 Å². The molecule has 1 N–H and O–H groups in total. The van der Waals surface area contributed by atoms with E-state index in [0.717, 1.165) is 33.9 Å². The third kappa shape index (κ3) is 6.04. The Hall–Kier alpha value is -4.78. The predicted octanol–water partition coefficient (Wildman–Crippen LogP) is 6.83. The second kappa shape index (κ2) is 11.7. The number of ether oxygens (including phenoxy) is 2. The van der Waals surface area contributed by atoms with E-state index in [-0.39, 0.29) is 18.3 Å². The summed E-state index contributed by atoms with van der Waals surface area (Å²) >= 11 is 0. The van der Waals surface area contributed by atoms with Crippen molar-refractivity contribution in [2.24, 2.45) is 0 Å². The van der Waals surface area contributed by atoms with Crippen molar-refractivity contribution in [3.05, 3.63) is 108 Å². The molecule has 1 heterocycles. The lowest BCUT2D eigenvalue weighted by molar-refractivity contribution is 0.0951. The van der Waals surface area contributed by atoms with Crippen molar-refractivity contribution in [3.63, 3.8) is 0 Å². The van der Waals surface area contributed by atoms with E-state index in [1.54, 1.807) is 30.3 Å². The van der Waals surface area contributed by atoms with Crippen molar-refractivity contribution in [1.82, 2.24) is 15.3 Å². The maximum absolute atomic E-state index is 13.2. The first-order valence-corrected chi connectivity index (χ1v) is 12.8. The number of halogens is 1. The minimum atomic E-state index is -0.314. The molecule has 0 radical (unpaired) electrons. The van der Waals surface area contributed by atoms with Crippen LogP contribution in [-0.4, -0.2) is 29.1 Å². The van der Waals surface area contributed by atoms with Crippen molar-refractivity contribution in [2.75, 3.05) is 13.2 Å². The van der Waals surface area contributed by atoms with Gasteiger partial charge in [-0.1, -0.05) is 12.1 Å². The Morgan fingerprint density at radius 2 is 1.26 bits per heavy atom. The molecule has 0 atom stereocenters. The summed E-state index contributed by atoms with van der Waals surface area (Å²) in [6.45, 7) is 5.35. The van der Waals surface area contributed by atoms with Gasteiger partial charge in [-0.2, -0.15) is 0 Å². The number of fused-ring (bicyclic) bond motifs is 1. The van der Waals surface area contributed by atoms with E-state index in [2.05, 4.69) is 5.32 Å². The number of amides is 1. The highest BCUT2D eigenvalue weighted by Gasteiger charge is 2.16. The van der Waals surface area contributed by atoms with Crippen molar-refractivity contribution in [1.29, 1.82) is 0 Å². The van der Waals surface area contributed by atoms with Crippen LogP contribution in [0.25, 0.3) is 33.5 Å². The molecule has 0 saturated carbocycles. The Morgan fingerprint density at radius 1 is 0.718 bits per heavy atom. The fraction of sp³-hybridized carbons (Fsp3) is 0.156. The first-order chi connectivity index (χ1) is 19.0. The normalized spacial score (nSPS) is 10.8. The number of nitrogens with zero attached hydrogens (tertiary/aromatic N) is 2. The Kier molecular flexibility index (Phi) is 7.78. The Morgan fingerprint density at radius 3 is 1.79 bits per heavy atom. The number of carbonyl (C=O) groups excluding carboxylic acids is 1. The molecule has 5 rings (SSSR count). The Balaban J connectivity index is 1.51. The van der Waals surface area contributed by atoms with Crippen LogP contribution in [0, 0.1) is 5.82 Å². The molecule has 7 heteroatoms. The average Bonchev–Trinajstić information content (AvgIpc) is 2.97. The molecule has 0 aliphatic rings. The molecule has 1 aromatic heterocycles. The monoisotopic (exact) mass is 521 g/mol. The lowest BCUT2D eigenvalue weighted by atomic mass is 10.0. The van der Waals surface area contributed by atoms with Gasteiger partial charge in [0.1, 0.15) is 17.3 Å². The molecular formula is C32H28FN3O3. The number of hydrogen-bond acceptors (Lipinski definition) is 5. The summed E-state index contributed by atoms with van der Waals surface area (Å²) in [6, 6.07) is 26.8. The second-order valence-electron chi connectivity index (χ2n) is 8.85. The van der Waals surface area contributed by atoms with Gasteiger partial charge in [0.25, 0.3) is 5.91 Å². The van der Waals surface area contributed by atoms with E-state index in [9.17, 15) is 9.18 Å². The Bertz CT molecular complexity index is 1590. The standard InChI is InChI=1S/C32H28FN3O3/c1-3-38-26-14-7-22(8-15-26)30-31(23-9-16-27(17-10-23)39-4-2)36-29-19-24(11-18-28(29)35-30)32(37)34-20-21-5-12-25(33)13-6-21/h5-19H,3-4,20H2,1-2H3,(H,34,37). The molecule has 196 valence electrons. The molecule has 4 aromatic carbocycles. The molecule has 0 aliphatic heterocycles. The molecule has 0 bridgehead atoms. The summed E-state index contributed by atoms with van der Waals surface area (Å²) in [6.07, 6.45) is 0. The van der Waals surface area contributed by atoms with Gasteiger partial charge in [-0.15, -0.1) is 0 Å². The summed E-state index contributed by atoms with van der Waals surface area (Å²) in [7, 11) is 0. The van der Waals surface area contributed by atoms with Gasteiger partial charge in [-0.05, 0) is 98.3 Å². The number of nitrogens with one attached hydrogen (secondary N) is 1. The summed E-state index contributed by atoms with van der Waals surface area (Å²) in [5.41, 5.74) is 5.74. The quantitative estimate of drug-likeness (QED) is 0.230. The van der Waals surface area contributed by atoms with Gasteiger partial charge < -0.3 is 14.8 Å². The van der Waals surface area contributed by atoms with Gasteiger partial charge in [0.2, 0.25) is 0 Å².